The molecule has 1 amide bonds. The Morgan fingerprint density at radius 1 is 1.28 bits per heavy atom. The van der Waals surface area contributed by atoms with Gasteiger partial charge in [0.1, 0.15) is 0 Å². The van der Waals surface area contributed by atoms with Crippen LogP contribution in [0.3, 0.4) is 0 Å². The van der Waals surface area contributed by atoms with Gasteiger partial charge in [0.15, 0.2) is 5.69 Å². The number of benzene rings is 1. The molecule has 18 heavy (non-hydrogen) atoms. The number of rotatable bonds is 2. The molecule has 0 bridgehead atoms. The topological polar surface area (TPSA) is 68.0 Å². The molecule has 0 atom stereocenters. The van der Waals surface area contributed by atoms with Crippen molar-refractivity contribution in [2.45, 2.75) is 6.42 Å². The van der Waals surface area contributed by atoms with Crippen LogP contribution in [0.1, 0.15) is 16.1 Å². The van der Waals surface area contributed by atoms with Gasteiger partial charge < -0.3 is 11.1 Å². The molecule has 0 spiro atoms. The zero-order valence-electron chi connectivity index (χ0n) is 9.81. The van der Waals surface area contributed by atoms with E-state index >= 15 is 0 Å². The van der Waals surface area contributed by atoms with Crippen LogP contribution in [0.25, 0.3) is 11.3 Å². The number of pyridine rings is 1. The second kappa shape index (κ2) is 4.14. The predicted molar refractivity (Wildman–Crippen MR) is 70.4 cm³/mol. The highest BCUT2D eigenvalue weighted by Gasteiger charge is 2.20. The Balaban J connectivity index is 2.18. The fourth-order valence-corrected chi connectivity index (χ4v) is 2.25. The highest BCUT2D eigenvalue weighted by molar-refractivity contribution is 5.98. The first-order chi connectivity index (χ1) is 8.75. The number of primary amides is 1. The van der Waals surface area contributed by atoms with Crippen LogP contribution < -0.4 is 11.1 Å². The first-order valence-electron chi connectivity index (χ1n) is 5.89. The average molecular weight is 239 g/mol. The highest BCUT2D eigenvalue weighted by Crippen LogP contribution is 2.29. The minimum absolute atomic E-state index is 0.337. The molecule has 1 aromatic heterocycles. The van der Waals surface area contributed by atoms with Crippen molar-refractivity contribution in [2.75, 3.05) is 11.9 Å². The number of carbonyl (C=O) groups excluding carboxylic acids is 1. The second-order valence-corrected chi connectivity index (χ2v) is 4.30. The number of carbonyl (C=O) groups is 1. The van der Waals surface area contributed by atoms with Crippen LogP contribution in [0.5, 0.6) is 0 Å². The Morgan fingerprint density at radius 3 is 2.78 bits per heavy atom. The quantitative estimate of drug-likeness (QED) is 0.839. The first kappa shape index (κ1) is 10.8. The normalized spacial score (nSPS) is 12.9. The Labute approximate surface area is 105 Å². The molecule has 1 aromatic carbocycles. The summed E-state index contributed by atoms with van der Waals surface area (Å²) in [6, 6.07) is 11.8. The van der Waals surface area contributed by atoms with E-state index in [2.05, 4.69) is 10.3 Å². The fraction of sp³-hybridized carbons (Fsp3) is 0.143. The van der Waals surface area contributed by atoms with E-state index in [0.717, 1.165) is 35.5 Å². The Bertz CT molecular complexity index is 608. The average Bonchev–Trinajstić information content (AvgIpc) is 2.86. The molecular weight excluding hydrogens is 226 g/mol. The number of fused-ring (bicyclic) bond motifs is 1. The number of aromatic nitrogens is 1. The highest BCUT2D eigenvalue weighted by atomic mass is 16.1. The molecule has 1 aliphatic heterocycles. The van der Waals surface area contributed by atoms with Gasteiger partial charge in [0.25, 0.3) is 5.91 Å². The van der Waals surface area contributed by atoms with Gasteiger partial charge in [-0.25, -0.2) is 4.98 Å². The van der Waals surface area contributed by atoms with Gasteiger partial charge in [0.05, 0.1) is 11.4 Å². The van der Waals surface area contributed by atoms with Gasteiger partial charge in [-0.2, -0.15) is 0 Å². The number of hydrogen-bond acceptors (Lipinski definition) is 3. The van der Waals surface area contributed by atoms with Crippen LogP contribution in [0, 0.1) is 0 Å². The van der Waals surface area contributed by atoms with Crippen LogP contribution in [-0.2, 0) is 6.42 Å². The van der Waals surface area contributed by atoms with Crippen molar-refractivity contribution in [3.63, 3.8) is 0 Å². The molecule has 1 aliphatic rings. The summed E-state index contributed by atoms with van der Waals surface area (Å²) >= 11 is 0. The lowest BCUT2D eigenvalue weighted by Crippen LogP contribution is -2.15. The summed E-state index contributed by atoms with van der Waals surface area (Å²) in [5, 5.41) is 3.17. The first-order valence-corrected chi connectivity index (χ1v) is 5.89. The Hall–Kier alpha value is -2.36. The van der Waals surface area contributed by atoms with Crippen molar-refractivity contribution >= 4 is 11.6 Å². The van der Waals surface area contributed by atoms with Crippen LogP contribution >= 0.6 is 0 Å². The van der Waals surface area contributed by atoms with E-state index in [0.29, 0.717) is 5.69 Å². The van der Waals surface area contributed by atoms with E-state index in [1.54, 1.807) is 0 Å². The molecule has 0 saturated carbocycles. The maximum atomic E-state index is 11.5. The van der Waals surface area contributed by atoms with Crippen molar-refractivity contribution in [3.05, 3.63) is 47.7 Å². The van der Waals surface area contributed by atoms with Gasteiger partial charge in [-0.05, 0) is 18.1 Å². The van der Waals surface area contributed by atoms with E-state index in [4.69, 9.17) is 5.73 Å². The smallest absolute Gasteiger partial charge is 0.269 e. The second-order valence-electron chi connectivity index (χ2n) is 4.30. The molecule has 4 heteroatoms. The molecule has 0 saturated heterocycles. The molecule has 0 radical (unpaired) electrons. The molecule has 2 heterocycles. The monoisotopic (exact) mass is 239 g/mol. The van der Waals surface area contributed by atoms with E-state index < -0.39 is 5.91 Å². The summed E-state index contributed by atoms with van der Waals surface area (Å²) in [6.07, 6.45) is 0.901. The van der Waals surface area contributed by atoms with E-state index in [9.17, 15) is 4.79 Å². The standard InChI is InChI=1S/C14H13N3O/c15-14(18)13-12-10(6-7-16-12)8-11(17-13)9-4-2-1-3-5-9/h1-5,8,16H,6-7H2,(H2,15,18). The molecule has 3 N–H and O–H groups in total. The third-order valence-corrected chi connectivity index (χ3v) is 3.10. The molecule has 0 unspecified atom stereocenters. The van der Waals surface area contributed by atoms with Gasteiger partial charge in [0, 0.05) is 12.1 Å². The van der Waals surface area contributed by atoms with Crippen molar-refractivity contribution in [1.82, 2.24) is 4.98 Å². The number of nitrogens with one attached hydrogen (secondary N) is 1. The molecule has 4 nitrogen and oxygen atoms in total. The number of nitrogens with zero attached hydrogens (tertiary/aromatic N) is 1. The van der Waals surface area contributed by atoms with Gasteiger partial charge >= 0.3 is 0 Å². The van der Waals surface area contributed by atoms with Crippen molar-refractivity contribution in [1.29, 1.82) is 0 Å². The minimum atomic E-state index is -0.488. The number of anilines is 1. The van der Waals surface area contributed by atoms with Gasteiger partial charge in [0.2, 0.25) is 0 Å². The van der Waals surface area contributed by atoms with E-state index in [-0.39, 0.29) is 0 Å². The number of hydrogen-bond donors (Lipinski definition) is 2. The molecule has 90 valence electrons. The van der Waals surface area contributed by atoms with Crippen LogP contribution in [0.2, 0.25) is 0 Å². The lowest BCUT2D eigenvalue weighted by Gasteiger charge is -2.08. The van der Waals surface area contributed by atoms with Gasteiger partial charge in [-0.15, -0.1) is 0 Å². The van der Waals surface area contributed by atoms with Gasteiger partial charge in [-0.3, -0.25) is 4.79 Å². The van der Waals surface area contributed by atoms with Crippen molar-refractivity contribution < 1.29 is 4.79 Å². The third-order valence-electron chi connectivity index (χ3n) is 3.10. The predicted octanol–water partition coefficient (Wildman–Crippen LogP) is 1.82. The summed E-state index contributed by atoms with van der Waals surface area (Å²) < 4.78 is 0. The maximum Gasteiger partial charge on any atom is 0.269 e. The lowest BCUT2D eigenvalue weighted by molar-refractivity contribution is 0.0996. The summed E-state index contributed by atoms with van der Waals surface area (Å²) in [6.45, 7) is 0.829. The zero-order valence-corrected chi connectivity index (χ0v) is 9.81. The van der Waals surface area contributed by atoms with Crippen LogP contribution in [0.4, 0.5) is 5.69 Å². The molecule has 3 rings (SSSR count). The minimum Gasteiger partial charge on any atom is -0.383 e. The van der Waals surface area contributed by atoms with Crippen LogP contribution in [0.15, 0.2) is 36.4 Å². The molecule has 2 aromatic rings. The number of nitrogens with two attached hydrogens (primary N) is 1. The maximum absolute atomic E-state index is 11.5. The SMILES string of the molecule is NC(=O)c1nc(-c2ccccc2)cc2c1NCC2. The van der Waals surface area contributed by atoms with E-state index in [1.165, 1.54) is 0 Å². The summed E-state index contributed by atoms with van der Waals surface area (Å²) in [5.41, 5.74) is 9.42. The summed E-state index contributed by atoms with van der Waals surface area (Å²) in [7, 11) is 0. The Kier molecular flexibility index (Phi) is 2.48. The Morgan fingerprint density at radius 2 is 2.06 bits per heavy atom. The molecule has 0 fully saturated rings. The third kappa shape index (κ3) is 1.72. The van der Waals surface area contributed by atoms with E-state index in [1.807, 2.05) is 36.4 Å². The number of amides is 1. The van der Waals surface area contributed by atoms with Crippen LogP contribution in [-0.4, -0.2) is 17.4 Å². The summed E-state index contributed by atoms with van der Waals surface area (Å²) in [4.78, 5) is 15.8. The summed E-state index contributed by atoms with van der Waals surface area (Å²) in [5.74, 6) is -0.488. The lowest BCUT2D eigenvalue weighted by atomic mass is 10.1. The molecular formula is C14H13N3O. The largest absolute Gasteiger partial charge is 0.383 e. The van der Waals surface area contributed by atoms with Gasteiger partial charge in [-0.1, -0.05) is 30.3 Å². The molecule has 0 aliphatic carbocycles. The van der Waals surface area contributed by atoms with Crippen molar-refractivity contribution in [2.24, 2.45) is 5.73 Å². The fourth-order valence-electron chi connectivity index (χ4n) is 2.25. The zero-order chi connectivity index (χ0) is 12.5. The van der Waals surface area contributed by atoms with Crippen molar-refractivity contribution in [3.8, 4) is 11.3 Å².